The summed E-state index contributed by atoms with van der Waals surface area (Å²) in [6.07, 6.45) is 4.15. The van der Waals surface area contributed by atoms with Crippen molar-refractivity contribution in [2.75, 3.05) is 17.6 Å². The Labute approximate surface area is 135 Å². The Balaban J connectivity index is 1.90. The van der Waals surface area contributed by atoms with Crippen LogP contribution in [0.3, 0.4) is 0 Å². The van der Waals surface area contributed by atoms with Crippen LogP contribution in [0.15, 0.2) is 0 Å². The highest BCUT2D eigenvalue weighted by Crippen LogP contribution is 2.64. The highest BCUT2D eigenvalue weighted by atomic mass is 79.9. The van der Waals surface area contributed by atoms with Gasteiger partial charge in [-0.25, -0.2) is 8.42 Å². The second-order valence-electron chi connectivity index (χ2n) is 7.48. The molecule has 3 atom stereocenters. The predicted molar refractivity (Wildman–Crippen MR) is 85.9 cm³/mol. The molecule has 6 heteroatoms. The van der Waals surface area contributed by atoms with Crippen LogP contribution in [-0.2, 0) is 14.8 Å². The molecule has 0 N–H and O–H groups in total. The van der Waals surface area contributed by atoms with E-state index in [2.05, 4.69) is 29.8 Å². The van der Waals surface area contributed by atoms with Gasteiger partial charge in [-0.1, -0.05) is 29.8 Å². The molecular formula is C15H24BrNO3S. The summed E-state index contributed by atoms with van der Waals surface area (Å²) in [5, 5.41) is 0.680. The van der Waals surface area contributed by atoms with Crippen LogP contribution in [0.1, 0.15) is 46.0 Å². The van der Waals surface area contributed by atoms with Crippen molar-refractivity contribution in [1.29, 1.82) is 0 Å². The lowest BCUT2D eigenvalue weighted by molar-refractivity contribution is -0.128. The fraction of sp³-hybridized carbons (Fsp3) is 0.933. The van der Waals surface area contributed by atoms with Crippen molar-refractivity contribution in [3.05, 3.63) is 0 Å². The minimum absolute atomic E-state index is 0.0197. The van der Waals surface area contributed by atoms with Gasteiger partial charge in [0.2, 0.25) is 10.0 Å². The third-order valence-corrected chi connectivity index (χ3v) is 9.23. The normalized spacial score (nSPS) is 39.3. The summed E-state index contributed by atoms with van der Waals surface area (Å²) in [7, 11) is -3.37. The number of carbonyl (C=O) groups excluding carboxylic acids is 1. The van der Waals surface area contributed by atoms with Crippen LogP contribution < -0.4 is 0 Å². The Bertz CT molecular complexity index is 559. The summed E-state index contributed by atoms with van der Waals surface area (Å²) in [5.41, 5.74) is -0.823. The fourth-order valence-electron chi connectivity index (χ4n) is 4.83. The molecule has 0 amide bonds. The largest absolute Gasteiger partial charge is 0.299 e. The number of alkyl halides is 1. The molecule has 3 aliphatic rings. The van der Waals surface area contributed by atoms with E-state index in [0.717, 1.165) is 25.7 Å². The van der Waals surface area contributed by atoms with E-state index in [0.29, 0.717) is 24.2 Å². The molecule has 1 aliphatic heterocycles. The Kier molecular flexibility index (Phi) is 3.82. The summed E-state index contributed by atoms with van der Waals surface area (Å²) < 4.78 is 27.5. The highest BCUT2D eigenvalue weighted by Gasteiger charge is 2.65. The van der Waals surface area contributed by atoms with Crippen molar-refractivity contribution in [3.63, 3.8) is 0 Å². The van der Waals surface area contributed by atoms with Crippen molar-refractivity contribution < 1.29 is 13.2 Å². The van der Waals surface area contributed by atoms with Crippen molar-refractivity contribution in [1.82, 2.24) is 4.31 Å². The standard InChI is InChI=1S/C15H24BrNO3S/c1-14(2)11-5-6-15(14,13(18)8-11)10-21(19,20)17-7-3-4-12(17)9-16/h11-12H,3-10H2,1-2H3/t11-,12?,15-/m1/s1. The Morgan fingerprint density at radius 2 is 2.05 bits per heavy atom. The molecule has 3 rings (SSSR count). The number of Topliss-reactive ketones (excluding diaryl/α,β-unsaturated/α-hetero) is 1. The van der Waals surface area contributed by atoms with E-state index in [1.807, 2.05) is 0 Å². The number of rotatable bonds is 4. The van der Waals surface area contributed by atoms with Crippen molar-refractivity contribution >= 4 is 31.7 Å². The van der Waals surface area contributed by atoms with E-state index in [9.17, 15) is 13.2 Å². The van der Waals surface area contributed by atoms with Gasteiger partial charge in [0, 0.05) is 29.8 Å². The smallest absolute Gasteiger partial charge is 0.215 e. The molecular weight excluding hydrogens is 354 g/mol. The minimum Gasteiger partial charge on any atom is -0.299 e. The molecule has 2 bridgehead atoms. The van der Waals surface area contributed by atoms with E-state index in [1.165, 1.54) is 0 Å². The van der Waals surface area contributed by atoms with Crippen molar-refractivity contribution in [2.45, 2.75) is 52.0 Å². The number of carbonyl (C=O) groups is 1. The first-order valence-corrected chi connectivity index (χ1v) is 10.6. The van der Waals surface area contributed by atoms with E-state index in [4.69, 9.17) is 0 Å². The molecule has 2 saturated carbocycles. The Morgan fingerprint density at radius 1 is 1.33 bits per heavy atom. The van der Waals surface area contributed by atoms with Gasteiger partial charge in [-0.15, -0.1) is 0 Å². The average Bonchev–Trinajstić information content (AvgIpc) is 3.01. The molecule has 1 unspecified atom stereocenters. The zero-order valence-electron chi connectivity index (χ0n) is 12.8. The lowest BCUT2D eigenvalue weighted by Crippen LogP contribution is -2.48. The molecule has 3 fully saturated rings. The molecule has 1 saturated heterocycles. The molecule has 0 aromatic carbocycles. The first-order chi connectivity index (χ1) is 9.74. The number of halogens is 1. The fourth-order valence-corrected chi connectivity index (χ4v) is 8.20. The molecule has 4 nitrogen and oxygen atoms in total. The molecule has 120 valence electrons. The van der Waals surface area contributed by atoms with Gasteiger partial charge < -0.3 is 0 Å². The maximum absolute atomic E-state index is 12.9. The number of fused-ring (bicyclic) bond motifs is 2. The lowest BCUT2D eigenvalue weighted by Gasteiger charge is -2.37. The summed E-state index contributed by atoms with van der Waals surface area (Å²) in [6, 6.07) is 0.0585. The number of nitrogens with zero attached hydrogens (tertiary/aromatic N) is 1. The maximum Gasteiger partial charge on any atom is 0.215 e. The second-order valence-corrected chi connectivity index (χ2v) is 10.1. The first kappa shape index (κ1) is 15.9. The van der Waals surface area contributed by atoms with Crippen LogP contribution in [0.5, 0.6) is 0 Å². The molecule has 1 heterocycles. The van der Waals surface area contributed by atoms with Crippen molar-refractivity contribution in [3.8, 4) is 0 Å². The van der Waals surface area contributed by atoms with Gasteiger partial charge in [0.25, 0.3) is 0 Å². The minimum atomic E-state index is -3.37. The van der Waals surface area contributed by atoms with Gasteiger partial charge in [0.15, 0.2) is 0 Å². The van der Waals surface area contributed by atoms with Gasteiger partial charge in [-0.05, 0) is 37.0 Å². The van der Waals surface area contributed by atoms with E-state index >= 15 is 0 Å². The van der Waals surface area contributed by atoms with Crippen LogP contribution in [0.4, 0.5) is 0 Å². The second kappa shape index (κ2) is 5.03. The molecule has 0 aromatic rings. The van der Waals surface area contributed by atoms with Gasteiger partial charge in [-0.3, -0.25) is 4.79 Å². The van der Waals surface area contributed by atoms with Crippen LogP contribution in [0.25, 0.3) is 0 Å². The Hall–Kier alpha value is 0.0600. The lowest BCUT2D eigenvalue weighted by atomic mass is 9.70. The summed E-state index contributed by atoms with van der Waals surface area (Å²) in [6.45, 7) is 4.79. The Morgan fingerprint density at radius 3 is 2.57 bits per heavy atom. The molecule has 0 aromatic heterocycles. The van der Waals surface area contributed by atoms with Crippen LogP contribution in [0.2, 0.25) is 0 Å². The molecule has 0 radical (unpaired) electrons. The highest BCUT2D eigenvalue weighted by molar-refractivity contribution is 9.09. The van der Waals surface area contributed by atoms with E-state index in [-0.39, 0.29) is 23.0 Å². The topological polar surface area (TPSA) is 54.5 Å². The van der Waals surface area contributed by atoms with Gasteiger partial charge >= 0.3 is 0 Å². The van der Waals surface area contributed by atoms with E-state index < -0.39 is 15.4 Å². The third-order valence-electron chi connectivity index (χ3n) is 6.43. The summed E-state index contributed by atoms with van der Waals surface area (Å²) in [5.74, 6) is 0.568. The number of sulfonamides is 1. The first-order valence-electron chi connectivity index (χ1n) is 7.83. The number of ketones is 1. The van der Waals surface area contributed by atoms with E-state index in [1.54, 1.807) is 4.31 Å². The van der Waals surface area contributed by atoms with Gasteiger partial charge in [0.1, 0.15) is 5.78 Å². The summed E-state index contributed by atoms with van der Waals surface area (Å²) in [4.78, 5) is 12.5. The van der Waals surface area contributed by atoms with Crippen LogP contribution >= 0.6 is 15.9 Å². The third kappa shape index (κ3) is 2.16. The van der Waals surface area contributed by atoms with Crippen LogP contribution in [-0.4, -0.2) is 42.2 Å². The monoisotopic (exact) mass is 377 g/mol. The zero-order chi connectivity index (χ0) is 15.5. The van der Waals surface area contributed by atoms with Gasteiger partial charge in [-0.2, -0.15) is 4.31 Å². The van der Waals surface area contributed by atoms with Crippen molar-refractivity contribution in [2.24, 2.45) is 16.7 Å². The number of hydrogen-bond donors (Lipinski definition) is 0. The quantitative estimate of drug-likeness (QED) is 0.707. The zero-order valence-corrected chi connectivity index (χ0v) is 15.2. The van der Waals surface area contributed by atoms with Gasteiger partial charge in [0.05, 0.1) is 5.75 Å². The molecule has 2 aliphatic carbocycles. The average molecular weight is 378 g/mol. The molecule has 21 heavy (non-hydrogen) atoms. The maximum atomic E-state index is 12.9. The summed E-state index contributed by atoms with van der Waals surface area (Å²) >= 11 is 3.42. The SMILES string of the molecule is CC1(C)[C@@H]2CC[C@@]1(CS(=O)(=O)N1CCCC1CBr)C(=O)C2. The predicted octanol–water partition coefficient (Wildman–Crippen LogP) is 2.57. The molecule has 0 spiro atoms. The van der Waals surface area contributed by atoms with Crippen LogP contribution in [0, 0.1) is 16.7 Å². The number of hydrogen-bond acceptors (Lipinski definition) is 3.